The highest BCUT2D eigenvalue weighted by atomic mass is 16.3. The quantitative estimate of drug-likeness (QED) is 0.780. The summed E-state index contributed by atoms with van der Waals surface area (Å²) in [6, 6.07) is 3.88. The Morgan fingerprint density at radius 3 is 3.10 bits per heavy atom. The minimum absolute atomic E-state index is 0.0674. The highest BCUT2D eigenvalue weighted by Crippen LogP contribution is 2.11. The lowest BCUT2D eigenvalue weighted by Gasteiger charge is -2.12. The predicted octanol–water partition coefficient (Wildman–Crippen LogP) is 2.02. The first-order valence-corrected chi connectivity index (χ1v) is 6.97. The Morgan fingerprint density at radius 1 is 1.48 bits per heavy atom. The lowest BCUT2D eigenvalue weighted by atomic mass is 10.1. The molecule has 0 spiro atoms. The smallest absolute Gasteiger partial charge is 0.256 e. The van der Waals surface area contributed by atoms with Gasteiger partial charge >= 0.3 is 0 Å². The maximum Gasteiger partial charge on any atom is 0.256 e. The molecule has 0 saturated heterocycles. The van der Waals surface area contributed by atoms with E-state index < -0.39 is 0 Å². The number of carbonyl (C=O) groups is 1. The van der Waals surface area contributed by atoms with Gasteiger partial charge in [-0.25, -0.2) is 4.52 Å². The largest absolute Gasteiger partial charge is 0.469 e. The van der Waals surface area contributed by atoms with Crippen molar-refractivity contribution in [1.29, 1.82) is 0 Å². The van der Waals surface area contributed by atoms with Gasteiger partial charge in [0.2, 0.25) is 0 Å². The molecule has 0 aliphatic rings. The molecule has 3 aromatic rings. The zero-order valence-electron chi connectivity index (χ0n) is 12.1. The lowest BCUT2D eigenvalue weighted by Crippen LogP contribution is -2.33. The highest BCUT2D eigenvalue weighted by molar-refractivity contribution is 5.99. The molecule has 1 amide bonds. The summed E-state index contributed by atoms with van der Waals surface area (Å²) < 4.78 is 8.88. The van der Waals surface area contributed by atoms with E-state index in [2.05, 4.69) is 10.4 Å². The molecular weight excluding hydrogens is 268 g/mol. The number of nitrogens with zero attached hydrogens (tertiary/aromatic N) is 3. The third kappa shape index (κ3) is 2.69. The summed E-state index contributed by atoms with van der Waals surface area (Å²) in [7, 11) is 1.90. The fraction of sp³-hybridized carbons (Fsp3) is 0.333. The minimum Gasteiger partial charge on any atom is -0.469 e. The predicted molar refractivity (Wildman–Crippen MR) is 78.1 cm³/mol. The van der Waals surface area contributed by atoms with E-state index in [0.717, 1.165) is 24.2 Å². The molecule has 0 aromatic carbocycles. The van der Waals surface area contributed by atoms with Crippen LogP contribution in [-0.4, -0.2) is 26.1 Å². The summed E-state index contributed by atoms with van der Waals surface area (Å²) in [5.74, 6) is 0.838. The van der Waals surface area contributed by atoms with E-state index >= 15 is 0 Å². The van der Waals surface area contributed by atoms with E-state index in [1.807, 2.05) is 43.1 Å². The van der Waals surface area contributed by atoms with Gasteiger partial charge in [0.15, 0.2) is 0 Å². The van der Waals surface area contributed by atoms with Crippen molar-refractivity contribution < 1.29 is 9.21 Å². The monoisotopic (exact) mass is 286 g/mol. The van der Waals surface area contributed by atoms with E-state index in [0.29, 0.717) is 5.56 Å². The van der Waals surface area contributed by atoms with Gasteiger partial charge in [0.05, 0.1) is 12.5 Å². The Hall–Kier alpha value is -2.50. The normalized spacial score (nSPS) is 12.7. The Kier molecular flexibility index (Phi) is 3.51. The number of fused-ring (bicyclic) bond motifs is 1. The average Bonchev–Trinajstić information content (AvgIpc) is 3.15. The van der Waals surface area contributed by atoms with Crippen LogP contribution >= 0.6 is 0 Å². The average molecular weight is 286 g/mol. The van der Waals surface area contributed by atoms with Crippen LogP contribution in [-0.2, 0) is 13.5 Å². The van der Waals surface area contributed by atoms with Crippen LogP contribution in [0.5, 0.6) is 0 Å². The molecule has 110 valence electrons. The van der Waals surface area contributed by atoms with Gasteiger partial charge in [0.1, 0.15) is 17.0 Å². The van der Waals surface area contributed by atoms with Gasteiger partial charge in [0, 0.05) is 31.9 Å². The van der Waals surface area contributed by atoms with Crippen molar-refractivity contribution in [1.82, 2.24) is 19.5 Å². The van der Waals surface area contributed by atoms with Crippen molar-refractivity contribution in [2.45, 2.75) is 25.8 Å². The molecule has 1 atom stereocenters. The molecule has 3 rings (SSSR count). The summed E-state index contributed by atoms with van der Waals surface area (Å²) in [4.78, 5) is 12.3. The van der Waals surface area contributed by atoms with Crippen LogP contribution in [0.2, 0.25) is 0 Å². The van der Waals surface area contributed by atoms with E-state index in [1.165, 1.54) is 0 Å². The third-order valence-electron chi connectivity index (χ3n) is 3.56. The molecule has 0 saturated carbocycles. The van der Waals surface area contributed by atoms with Gasteiger partial charge in [-0.2, -0.15) is 5.10 Å². The molecule has 0 bridgehead atoms. The number of aryl methyl sites for hydroxylation is 2. The van der Waals surface area contributed by atoms with Gasteiger partial charge in [0.25, 0.3) is 5.91 Å². The molecule has 6 heteroatoms. The van der Waals surface area contributed by atoms with Crippen molar-refractivity contribution in [3.8, 4) is 0 Å². The number of nitrogens with one attached hydrogen (secondary N) is 1. The maximum absolute atomic E-state index is 12.3. The van der Waals surface area contributed by atoms with Crippen molar-refractivity contribution >= 4 is 11.6 Å². The minimum atomic E-state index is -0.0984. The SMILES string of the molecule is C[C@H](CCc1ccco1)NC(=O)c1cnn2ccn(C)c12. The molecule has 0 fully saturated rings. The molecule has 0 unspecified atom stereocenters. The van der Waals surface area contributed by atoms with E-state index in [1.54, 1.807) is 17.0 Å². The second-order valence-electron chi connectivity index (χ2n) is 5.23. The zero-order chi connectivity index (χ0) is 14.8. The Morgan fingerprint density at radius 2 is 2.33 bits per heavy atom. The number of carbonyl (C=O) groups excluding carboxylic acids is 1. The van der Waals surface area contributed by atoms with Crippen molar-refractivity contribution in [2.75, 3.05) is 0 Å². The second kappa shape index (κ2) is 5.47. The lowest BCUT2D eigenvalue weighted by molar-refractivity contribution is 0.0939. The van der Waals surface area contributed by atoms with Crippen molar-refractivity contribution in [2.24, 2.45) is 7.05 Å². The van der Waals surface area contributed by atoms with Crippen LogP contribution in [0.15, 0.2) is 41.4 Å². The Labute approximate surface area is 122 Å². The number of hydrogen-bond acceptors (Lipinski definition) is 3. The summed E-state index contributed by atoms with van der Waals surface area (Å²) in [6.07, 6.45) is 8.60. The van der Waals surface area contributed by atoms with Gasteiger partial charge in [-0.1, -0.05) is 0 Å². The zero-order valence-corrected chi connectivity index (χ0v) is 12.1. The summed E-state index contributed by atoms with van der Waals surface area (Å²) >= 11 is 0. The molecule has 3 heterocycles. The molecule has 0 aliphatic heterocycles. The second-order valence-corrected chi connectivity index (χ2v) is 5.23. The highest BCUT2D eigenvalue weighted by Gasteiger charge is 2.17. The summed E-state index contributed by atoms with van der Waals surface area (Å²) in [5.41, 5.74) is 1.39. The molecule has 21 heavy (non-hydrogen) atoms. The fourth-order valence-corrected chi connectivity index (χ4v) is 2.40. The molecule has 0 radical (unpaired) electrons. The number of amides is 1. The van der Waals surface area contributed by atoms with Crippen LogP contribution < -0.4 is 5.32 Å². The molecule has 1 N–H and O–H groups in total. The van der Waals surface area contributed by atoms with Crippen molar-refractivity contribution in [3.63, 3.8) is 0 Å². The fourth-order valence-electron chi connectivity index (χ4n) is 2.40. The van der Waals surface area contributed by atoms with Crippen LogP contribution in [0.25, 0.3) is 5.65 Å². The Bertz CT molecular complexity index is 739. The van der Waals surface area contributed by atoms with Crippen LogP contribution in [0.1, 0.15) is 29.5 Å². The molecule has 0 aliphatic carbocycles. The van der Waals surface area contributed by atoms with Gasteiger partial charge in [-0.3, -0.25) is 4.79 Å². The standard InChI is InChI=1S/C15H18N4O2/c1-11(5-6-12-4-3-9-21-12)17-14(20)13-10-16-19-8-7-18(2)15(13)19/h3-4,7-11H,5-6H2,1-2H3,(H,17,20)/t11-/m1/s1. The Balaban J connectivity index is 1.64. The van der Waals surface area contributed by atoms with Gasteiger partial charge < -0.3 is 14.3 Å². The first-order valence-electron chi connectivity index (χ1n) is 6.97. The number of imidazole rings is 1. The van der Waals surface area contributed by atoms with Gasteiger partial charge in [-0.15, -0.1) is 0 Å². The van der Waals surface area contributed by atoms with Crippen LogP contribution in [0.4, 0.5) is 0 Å². The number of hydrogen-bond donors (Lipinski definition) is 1. The van der Waals surface area contributed by atoms with Crippen LogP contribution in [0, 0.1) is 0 Å². The third-order valence-corrected chi connectivity index (χ3v) is 3.56. The topological polar surface area (TPSA) is 64.5 Å². The number of rotatable bonds is 5. The van der Waals surface area contributed by atoms with E-state index in [4.69, 9.17) is 4.42 Å². The molecular formula is C15H18N4O2. The van der Waals surface area contributed by atoms with E-state index in [-0.39, 0.29) is 11.9 Å². The number of furan rings is 1. The first-order chi connectivity index (χ1) is 10.1. The summed E-state index contributed by atoms with van der Waals surface area (Å²) in [6.45, 7) is 1.99. The first kappa shape index (κ1) is 13.5. The molecule has 3 aromatic heterocycles. The summed E-state index contributed by atoms with van der Waals surface area (Å²) in [5, 5.41) is 7.18. The maximum atomic E-state index is 12.3. The van der Waals surface area contributed by atoms with Crippen molar-refractivity contribution in [3.05, 3.63) is 48.3 Å². The van der Waals surface area contributed by atoms with E-state index in [9.17, 15) is 4.79 Å². The van der Waals surface area contributed by atoms with Crippen LogP contribution in [0.3, 0.4) is 0 Å². The molecule has 6 nitrogen and oxygen atoms in total. The van der Waals surface area contributed by atoms with Gasteiger partial charge in [-0.05, 0) is 25.5 Å². The number of aromatic nitrogens is 3.